The van der Waals surface area contributed by atoms with Crippen LogP contribution >= 0.6 is 11.6 Å². The Kier molecular flexibility index (Phi) is 4.96. The topological polar surface area (TPSA) is 72.4 Å². The number of anilines is 1. The maximum atomic E-state index is 12.5. The number of rotatable bonds is 3. The van der Waals surface area contributed by atoms with Crippen LogP contribution in [-0.2, 0) is 16.0 Å². The molecule has 0 bridgehead atoms. The van der Waals surface area contributed by atoms with Crippen LogP contribution in [0, 0.1) is 0 Å². The van der Waals surface area contributed by atoms with Gasteiger partial charge in [-0.2, -0.15) is 13.2 Å². The molecule has 1 rings (SSSR count). The van der Waals surface area contributed by atoms with Gasteiger partial charge in [0, 0.05) is 6.07 Å². The van der Waals surface area contributed by atoms with E-state index >= 15 is 0 Å². The molecule has 1 aromatic carbocycles. The zero-order valence-electron chi connectivity index (χ0n) is 10.4. The van der Waals surface area contributed by atoms with E-state index in [1.54, 1.807) is 0 Å². The molecule has 1 unspecified atom stereocenters. The van der Waals surface area contributed by atoms with Crippen LogP contribution in [0.5, 0.6) is 0 Å². The van der Waals surface area contributed by atoms with Crippen molar-refractivity contribution >= 4 is 34.4 Å². The first kappa shape index (κ1) is 17.1. The summed E-state index contributed by atoms with van der Waals surface area (Å²) < 4.78 is 48.6. The minimum atomic E-state index is -5.12. The first-order valence-electron chi connectivity index (χ1n) is 5.20. The maximum absolute atomic E-state index is 12.5. The Hall–Kier alpha value is -0.960. The summed E-state index contributed by atoms with van der Waals surface area (Å²) in [6.45, 7) is 0.339. The number of nitrogens with one attached hydrogen (secondary N) is 1. The first-order valence-corrected chi connectivity index (χ1v) is 7.14. The van der Waals surface area contributed by atoms with E-state index in [1.165, 1.54) is 24.5 Å². The van der Waals surface area contributed by atoms with E-state index in [-0.39, 0.29) is 10.7 Å². The number of hydrogen-bond acceptors (Lipinski definition) is 3. The lowest BCUT2D eigenvalue weighted by Gasteiger charge is -2.25. The summed E-state index contributed by atoms with van der Waals surface area (Å²) in [5.41, 5.74) is -3.65. The van der Waals surface area contributed by atoms with Crippen molar-refractivity contribution < 1.29 is 27.6 Å². The van der Waals surface area contributed by atoms with Gasteiger partial charge in [0.2, 0.25) is 5.60 Å². The second-order valence-corrected chi connectivity index (χ2v) is 5.91. The molecule has 0 radical (unpaired) electrons. The standard InChI is InChI=1S/C11H11ClF3NO3S/c1-10(18,11(13,14)15)9(17)16-8-4-3-6(20(2)19)5-7(8)12/h3-5,18H,1-2H3,(H,16,17)/t10-,20?/m1/s1. The third-order valence-corrected chi connectivity index (χ3v) is 3.75. The van der Waals surface area contributed by atoms with Gasteiger partial charge in [0.25, 0.3) is 5.91 Å². The quantitative estimate of drug-likeness (QED) is 0.836. The molecule has 1 aromatic rings. The molecule has 2 N–H and O–H groups in total. The van der Waals surface area contributed by atoms with E-state index in [0.717, 1.165) is 0 Å². The first-order chi connectivity index (χ1) is 8.96. The van der Waals surface area contributed by atoms with Crippen LogP contribution in [0.25, 0.3) is 0 Å². The van der Waals surface area contributed by atoms with Gasteiger partial charge in [-0.1, -0.05) is 11.6 Å². The van der Waals surface area contributed by atoms with Gasteiger partial charge in [0.05, 0.1) is 10.7 Å². The SMILES string of the molecule is C[S+]([O-])c1ccc(NC(=O)[C@@](C)(O)C(F)(F)F)c(Cl)c1. The van der Waals surface area contributed by atoms with Crippen LogP contribution in [0.3, 0.4) is 0 Å². The van der Waals surface area contributed by atoms with Gasteiger partial charge in [-0.05, 0) is 30.2 Å². The molecule has 20 heavy (non-hydrogen) atoms. The molecule has 0 fully saturated rings. The second kappa shape index (κ2) is 5.80. The molecule has 0 spiro atoms. The molecule has 0 aliphatic carbocycles. The lowest BCUT2D eigenvalue weighted by molar-refractivity contribution is -0.242. The predicted molar refractivity (Wildman–Crippen MR) is 69.1 cm³/mol. The highest BCUT2D eigenvalue weighted by Gasteiger charge is 2.55. The molecule has 2 atom stereocenters. The Morgan fingerprint density at radius 1 is 1.45 bits per heavy atom. The van der Waals surface area contributed by atoms with Crippen molar-refractivity contribution in [2.45, 2.75) is 23.6 Å². The highest BCUT2D eigenvalue weighted by molar-refractivity contribution is 7.90. The monoisotopic (exact) mass is 329 g/mol. The largest absolute Gasteiger partial charge is 0.612 e. The van der Waals surface area contributed by atoms with Gasteiger partial charge in [0.15, 0.2) is 4.90 Å². The molecule has 0 aliphatic heterocycles. The predicted octanol–water partition coefficient (Wildman–Crippen LogP) is 2.33. The third kappa shape index (κ3) is 3.57. The van der Waals surface area contributed by atoms with E-state index < -0.39 is 28.9 Å². The fourth-order valence-corrected chi connectivity index (χ4v) is 1.98. The number of carbonyl (C=O) groups is 1. The van der Waals surface area contributed by atoms with Crippen molar-refractivity contribution in [2.24, 2.45) is 0 Å². The van der Waals surface area contributed by atoms with Gasteiger partial charge >= 0.3 is 6.18 Å². The average molecular weight is 330 g/mol. The van der Waals surface area contributed by atoms with Crippen LogP contribution in [0.4, 0.5) is 18.9 Å². The zero-order chi connectivity index (χ0) is 15.7. The minimum Gasteiger partial charge on any atom is -0.612 e. The smallest absolute Gasteiger partial charge is 0.426 e. The summed E-state index contributed by atoms with van der Waals surface area (Å²) >= 11 is 4.45. The highest BCUT2D eigenvalue weighted by Crippen LogP contribution is 2.32. The Balaban J connectivity index is 2.98. The Bertz CT molecular complexity index is 520. The van der Waals surface area contributed by atoms with Crippen molar-refractivity contribution in [1.29, 1.82) is 0 Å². The lowest BCUT2D eigenvalue weighted by atomic mass is 10.1. The minimum absolute atomic E-state index is 0.0796. The molecule has 0 saturated heterocycles. The molecule has 0 aromatic heterocycles. The fraction of sp³-hybridized carbons (Fsp3) is 0.364. The molecule has 0 heterocycles. The van der Waals surface area contributed by atoms with E-state index in [1.807, 2.05) is 5.32 Å². The Morgan fingerprint density at radius 3 is 2.40 bits per heavy atom. The van der Waals surface area contributed by atoms with Gasteiger partial charge in [-0.3, -0.25) is 4.79 Å². The molecular formula is C11H11ClF3NO3S. The van der Waals surface area contributed by atoms with Crippen molar-refractivity contribution in [2.75, 3.05) is 11.6 Å². The number of alkyl halides is 3. The fourth-order valence-electron chi connectivity index (χ4n) is 1.15. The Morgan fingerprint density at radius 2 is 2.00 bits per heavy atom. The number of aliphatic hydroxyl groups is 1. The maximum Gasteiger partial charge on any atom is 0.426 e. The van der Waals surface area contributed by atoms with E-state index in [0.29, 0.717) is 11.8 Å². The van der Waals surface area contributed by atoms with Crippen molar-refractivity contribution in [3.63, 3.8) is 0 Å². The molecule has 0 saturated carbocycles. The molecular weight excluding hydrogens is 319 g/mol. The molecule has 0 aliphatic rings. The van der Waals surface area contributed by atoms with Gasteiger partial charge in [-0.25, -0.2) is 0 Å². The number of halogens is 4. The van der Waals surface area contributed by atoms with Gasteiger partial charge in [0.1, 0.15) is 6.26 Å². The van der Waals surface area contributed by atoms with Crippen molar-refractivity contribution in [3.8, 4) is 0 Å². The van der Waals surface area contributed by atoms with Gasteiger partial charge < -0.3 is 15.0 Å². The summed E-state index contributed by atoms with van der Waals surface area (Å²) in [5, 5.41) is 11.0. The van der Waals surface area contributed by atoms with Crippen LogP contribution in [0.2, 0.25) is 5.02 Å². The van der Waals surface area contributed by atoms with Crippen molar-refractivity contribution in [1.82, 2.24) is 0 Å². The lowest BCUT2D eigenvalue weighted by Crippen LogP contribution is -2.52. The summed E-state index contributed by atoms with van der Waals surface area (Å²) in [7, 11) is 0. The highest BCUT2D eigenvalue weighted by atomic mass is 35.5. The number of amides is 1. The average Bonchev–Trinajstić information content (AvgIpc) is 2.29. The number of hydrogen-bond donors (Lipinski definition) is 2. The molecule has 9 heteroatoms. The van der Waals surface area contributed by atoms with Crippen LogP contribution in [0.1, 0.15) is 6.92 Å². The van der Waals surface area contributed by atoms with Crippen LogP contribution in [0.15, 0.2) is 23.1 Å². The number of carbonyl (C=O) groups excluding carboxylic acids is 1. The molecule has 1 amide bonds. The normalized spacial score (nSPS) is 16.4. The Labute approximate surface area is 121 Å². The summed E-state index contributed by atoms with van der Waals surface area (Å²) in [4.78, 5) is 11.8. The van der Waals surface area contributed by atoms with Crippen LogP contribution in [-0.4, -0.2) is 33.6 Å². The summed E-state index contributed by atoms with van der Waals surface area (Å²) in [6, 6.07) is 3.82. The van der Waals surface area contributed by atoms with Crippen molar-refractivity contribution in [3.05, 3.63) is 23.2 Å². The van der Waals surface area contributed by atoms with E-state index in [2.05, 4.69) is 0 Å². The molecule has 4 nitrogen and oxygen atoms in total. The molecule has 112 valence electrons. The van der Waals surface area contributed by atoms with Gasteiger partial charge in [-0.15, -0.1) is 0 Å². The summed E-state index contributed by atoms with van der Waals surface area (Å²) in [5.74, 6) is -1.66. The number of benzene rings is 1. The third-order valence-electron chi connectivity index (χ3n) is 2.51. The second-order valence-electron chi connectivity index (χ2n) is 4.12. The van der Waals surface area contributed by atoms with Crippen LogP contribution < -0.4 is 5.32 Å². The van der Waals surface area contributed by atoms with E-state index in [4.69, 9.17) is 11.6 Å². The summed E-state index contributed by atoms with van der Waals surface area (Å²) in [6.07, 6.45) is -3.72. The van der Waals surface area contributed by atoms with E-state index in [9.17, 15) is 27.6 Å². The zero-order valence-corrected chi connectivity index (χ0v) is 12.0.